The maximum atomic E-state index is 12.6. The molecule has 1 aliphatic heterocycles. The molecular formula is C23H21N5O3. The lowest BCUT2D eigenvalue weighted by molar-refractivity contribution is 0.0252. The summed E-state index contributed by atoms with van der Waals surface area (Å²) >= 11 is 0. The summed E-state index contributed by atoms with van der Waals surface area (Å²) in [5.41, 5.74) is 9.33. The molecule has 156 valence electrons. The lowest BCUT2D eigenvalue weighted by Gasteiger charge is -2.25. The van der Waals surface area contributed by atoms with Crippen LogP contribution in [0.15, 0.2) is 48.5 Å². The number of aryl methyl sites for hydroxylation is 1. The Hall–Kier alpha value is -4.12. The number of rotatable bonds is 6. The van der Waals surface area contributed by atoms with Crippen LogP contribution in [0.3, 0.4) is 0 Å². The highest BCUT2D eigenvalue weighted by molar-refractivity contribution is 5.97. The summed E-state index contributed by atoms with van der Waals surface area (Å²) in [6, 6.07) is 16.6. The van der Waals surface area contributed by atoms with Crippen LogP contribution in [-0.4, -0.2) is 28.6 Å². The molecule has 8 heteroatoms. The van der Waals surface area contributed by atoms with E-state index in [-0.39, 0.29) is 23.8 Å². The molecule has 0 spiro atoms. The largest absolute Gasteiger partial charge is 0.454 e. The Morgan fingerprint density at radius 1 is 1.29 bits per heavy atom. The van der Waals surface area contributed by atoms with E-state index in [1.165, 1.54) is 0 Å². The van der Waals surface area contributed by atoms with Gasteiger partial charge in [-0.1, -0.05) is 30.3 Å². The summed E-state index contributed by atoms with van der Waals surface area (Å²) in [5, 5.41) is 18.5. The summed E-state index contributed by atoms with van der Waals surface area (Å²) < 4.78 is 5.56. The number of fused-ring (bicyclic) bond motifs is 1. The van der Waals surface area contributed by atoms with Crippen molar-refractivity contribution in [1.82, 2.24) is 15.5 Å². The fraction of sp³-hybridized carbons (Fsp3) is 0.217. The molecule has 1 aliphatic rings. The third-order valence-electron chi connectivity index (χ3n) is 5.28. The van der Waals surface area contributed by atoms with Gasteiger partial charge in [0, 0.05) is 18.5 Å². The second kappa shape index (κ2) is 8.71. The number of hydrogen-bond donors (Lipinski definition) is 3. The van der Waals surface area contributed by atoms with E-state index in [0.717, 1.165) is 11.1 Å². The number of nitrogens with one attached hydrogen (secondary N) is 2. The zero-order valence-electron chi connectivity index (χ0n) is 16.7. The van der Waals surface area contributed by atoms with Crippen LogP contribution in [0.4, 0.5) is 5.82 Å². The summed E-state index contributed by atoms with van der Waals surface area (Å²) in [5.74, 6) is -0.417. The van der Waals surface area contributed by atoms with Gasteiger partial charge in [0.1, 0.15) is 17.7 Å². The molecule has 0 radical (unpaired) electrons. The average Bonchev–Trinajstić information content (AvgIpc) is 3.15. The van der Waals surface area contributed by atoms with Gasteiger partial charge >= 0.3 is 5.97 Å². The molecular weight excluding hydrogens is 394 g/mol. The number of amides is 1. The first-order chi connectivity index (χ1) is 15.1. The molecule has 1 amide bonds. The Morgan fingerprint density at radius 2 is 2.10 bits per heavy atom. The minimum Gasteiger partial charge on any atom is -0.454 e. The molecule has 3 aromatic rings. The van der Waals surface area contributed by atoms with E-state index in [9.17, 15) is 9.59 Å². The van der Waals surface area contributed by atoms with E-state index in [1.807, 2.05) is 36.4 Å². The number of nitrogens with two attached hydrogens (primary N) is 1. The van der Waals surface area contributed by atoms with Gasteiger partial charge in [0.2, 0.25) is 0 Å². The van der Waals surface area contributed by atoms with Gasteiger partial charge in [0.25, 0.3) is 5.91 Å². The minimum atomic E-state index is -0.380. The van der Waals surface area contributed by atoms with Gasteiger partial charge < -0.3 is 15.8 Å². The van der Waals surface area contributed by atoms with E-state index in [4.69, 9.17) is 15.7 Å². The second-order valence-electron chi connectivity index (χ2n) is 7.31. The van der Waals surface area contributed by atoms with Gasteiger partial charge in [0.15, 0.2) is 5.82 Å². The predicted octanol–water partition coefficient (Wildman–Crippen LogP) is 2.68. The molecule has 0 fully saturated rings. The Bertz CT molecular complexity index is 1160. The third kappa shape index (κ3) is 4.26. The van der Waals surface area contributed by atoms with Crippen LogP contribution < -0.4 is 11.1 Å². The SMILES string of the molecule is N#Cc1c(N)n[nH]c1CCCNC(=O)c1ccc2c(c1)C[C@H](c1ccccc1)OC2=O. The number of benzene rings is 2. The first-order valence-electron chi connectivity index (χ1n) is 9.96. The van der Waals surface area contributed by atoms with Crippen molar-refractivity contribution < 1.29 is 14.3 Å². The summed E-state index contributed by atoms with van der Waals surface area (Å²) in [6.07, 6.45) is 1.32. The number of carbonyl (C=O) groups is 2. The summed E-state index contributed by atoms with van der Waals surface area (Å²) in [6.45, 7) is 0.425. The molecule has 1 aromatic heterocycles. The first-order valence-corrected chi connectivity index (χ1v) is 9.96. The Labute approximate surface area is 179 Å². The zero-order chi connectivity index (χ0) is 21.8. The molecule has 4 rings (SSSR count). The highest BCUT2D eigenvalue weighted by Crippen LogP contribution is 2.31. The summed E-state index contributed by atoms with van der Waals surface area (Å²) in [7, 11) is 0. The highest BCUT2D eigenvalue weighted by atomic mass is 16.5. The van der Waals surface area contributed by atoms with Crippen molar-refractivity contribution in [3.05, 3.63) is 82.0 Å². The number of ether oxygens (including phenoxy) is 1. The zero-order valence-corrected chi connectivity index (χ0v) is 16.7. The topological polar surface area (TPSA) is 134 Å². The van der Waals surface area contributed by atoms with E-state index in [1.54, 1.807) is 18.2 Å². The number of nitriles is 1. The average molecular weight is 415 g/mol. The van der Waals surface area contributed by atoms with E-state index < -0.39 is 0 Å². The number of carbonyl (C=O) groups excluding carboxylic acids is 2. The quantitative estimate of drug-likeness (QED) is 0.419. The molecule has 0 unspecified atom stereocenters. The van der Waals surface area contributed by atoms with Crippen molar-refractivity contribution in [2.24, 2.45) is 0 Å². The molecule has 0 saturated carbocycles. The van der Waals surface area contributed by atoms with Crippen molar-refractivity contribution in [3.8, 4) is 6.07 Å². The van der Waals surface area contributed by atoms with Crippen molar-refractivity contribution in [2.75, 3.05) is 12.3 Å². The van der Waals surface area contributed by atoms with Crippen molar-refractivity contribution >= 4 is 17.7 Å². The molecule has 4 N–H and O–H groups in total. The monoisotopic (exact) mass is 415 g/mol. The predicted molar refractivity (Wildman–Crippen MR) is 113 cm³/mol. The maximum Gasteiger partial charge on any atom is 0.339 e. The van der Waals surface area contributed by atoms with Gasteiger partial charge in [0.05, 0.1) is 11.3 Å². The number of esters is 1. The van der Waals surface area contributed by atoms with Crippen LogP contribution in [0.25, 0.3) is 0 Å². The van der Waals surface area contributed by atoms with E-state index in [2.05, 4.69) is 15.5 Å². The number of aromatic amines is 1. The fourth-order valence-corrected chi connectivity index (χ4v) is 3.66. The van der Waals surface area contributed by atoms with Crippen LogP contribution in [0.2, 0.25) is 0 Å². The van der Waals surface area contributed by atoms with Gasteiger partial charge in [-0.2, -0.15) is 10.4 Å². The van der Waals surface area contributed by atoms with Gasteiger partial charge in [-0.15, -0.1) is 0 Å². The van der Waals surface area contributed by atoms with Crippen LogP contribution in [-0.2, 0) is 17.6 Å². The van der Waals surface area contributed by atoms with Crippen LogP contribution in [0, 0.1) is 11.3 Å². The molecule has 0 bridgehead atoms. The smallest absolute Gasteiger partial charge is 0.339 e. The standard InChI is InChI=1S/C23H21N5O3/c24-13-18-19(27-28-21(18)25)7-4-10-26-22(29)15-8-9-17-16(11-15)12-20(31-23(17)30)14-5-2-1-3-6-14/h1-3,5-6,8-9,11,20H,4,7,10,12H2,(H,26,29)(H3,25,27,28)/t20-/m1/s1. The minimum absolute atomic E-state index is 0.183. The highest BCUT2D eigenvalue weighted by Gasteiger charge is 2.28. The molecule has 0 aliphatic carbocycles. The maximum absolute atomic E-state index is 12.6. The molecule has 1 atom stereocenters. The van der Waals surface area contributed by atoms with Gasteiger partial charge in [-0.3, -0.25) is 9.89 Å². The van der Waals surface area contributed by atoms with Crippen LogP contribution in [0.1, 0.15) is 55.6 Å². The van der Waals surface area contributed by atoms with Crippen LogP contribution >= 0.6 is 0 Å². The van der Waals surface area contributed by atoms with Crippen molar-refractivity contribution in [1.29, 1.82) is 5.26 Å². The number of aromatic nitrogens is 2. The first kappa shape index (κ1) is 20.2. The van der Waals surface area contributed by atoms with Crippen molar-refractivity contribution in [2.45, 2.75) is 25.4 Å². The molecule has 2 heterocycles. The second-order valence-corrected chi connectivity index (χ2v) is 7.31. The van der Waals surface area contributed by atoms with Gasteiger partial charge in [-0.05, 0) is 42.2 Å². The lowest BCUT2D eigenvalue weighted by atomic mass is 9.93. The number of nitrogens with zero attached hydrogens (tertiary/aromatic N) is 2. The fourth-order valence-electron chi connectivity index (χ4n) is 3.66. The Balaban J connectivity index is 1.38. The lowest BCUT2D eigenvalue weighted by Crippen LogP contribution is -2.26. The number of hydrogen-bond acceptors (Lipinski definition) is 6. The molecule has 2 aromatic carbocycles. The molecule has 0 saturated heterocycles. The number of H-pyrrole nitrogens is 1. The Kier molecular flexibility index (Phi) is 5.67. The van der Waals surface area contributed by atoms with E-state index in [0.29, 0.717) is 48.2 Å². The van der Waals surface area contributed by atoms with Crippen molar-refractivity contribution in [3.63, 3.8) is 0 Å². The Morgan fingerprint density at radius 3 is 2.87 bits per heavy atom. The summed E-state index contributed by atoms with van der Waals surface area (Å²) in [4.78, 5) is 25.0. The molecule has 31 heavy (non-hydrogen) atoms. The van der Waals surface area contributed by atoms with Crippen LogP contribution in [0.5, 0.6) is 0 Å². The van der Waals surface area contributed by atoms with Gasteiger partial charge in [-0.25, -0.2) is 4.79 Å². The third-order valence-corrected chi connectivity index (χ3v) is 5.28. The number of nitrogen functional groups attached to an aromatic ring is 1. The molecule has 8 nitrogen and oxygen atoms in total. The van der Waals surface area contributed by atoms with E-state index >= 15 is 0 Å². The normalized spacial score (nSPS) is 14.9. The number of cyclic esters (lactones) is 1. The number of anilines is 1.